The Labute approximate surface area is 270 Å². The average Bonchev–Trinajstić information content (AvgIpc) is 3.62. The van der Waals surface area contributed by atoms with Crippen molar-refractivity contribution in [2.75, 3.05) is 19.6 Å². The number of rotatable bonds is 9. The first-order valence-electron chi connectivity index (χ1n) is 16.6. The number of hydrogen-bond acceptors (Lipinski definition) is 7. The van der Waals surface area contributed by atoms with Crippen LogP contribution in [0.4, 0.5) is 4.39 Å². The van der Waals surface area contributed by atoms with E-state index in [1.807, 2.05) is 31.2 Å². The summed E-state index contributed by atoms with van der Waals surface area (Å²) in [4.78, 5) is 29.8. The Morgan fingerprint density at radius 3 is 2.43 bits per heavy atom. The van der Waals surface area contributed by atoms with Gasteiger partial charge in [-0.1, -0.05) is 13.8 Å². The van der Waals surface area contributed by atoms with E-state index in [-0.39, 0.29) is 30.1 Å². The number of carbonyl (C=O) groups is 2. The second-order valence-electron chi connectivity index (χ2n) is 13.5. The Bertz CT molecular complexity index is 1550. The number of benzene rings is 2. The number of nitrogens with one attached hydrogen (secondary N) is 1. The van der Waals surface area contributed by atoms with Crippen LogP contribution >= 0.6 is 0 Å². The van der Waals surface area contributed by atoms with Crippen LogP contribution in [0.2, 0.25) is 0 Å². The molecule has 244 valence electrons. The van der Waals surface area contributed by atoms with Crippen molar-refractivity contribution in [2.45, 2.75) is 95.9 Å². The third-order valence-electron chi connectivity index (χ3n) is 9.77. The highest BCUT2D eigenvalue weighted by molar-refractivity contribution is 5.95. The monoisotopic (exact) mass is 629 g/mol. The van der Waals surface area contributed by atoms with E-state index < -0.39 is 17.3 Å². The van der Waals surface area contributed by atoms with Gasteiger partial charge in [-0.05, 0) is 99.9 Å². The standard InChI is InChI=1S/C36H44FN5O4/c1-23(2)30-12-13-31(40-39-30)24-8-10-27(11-9-24)46-32-21-28(29(37)20-25(32)22-42-17-5-7-34(42)43)35(44)38-26-14-18-41(19-15-26)33-6-4-16-36(33,3)45/h8-13,20-21,23,26,33,45H,4-7,14-19,22H2,1-3H3,(H,38,44). The predicted molar refractivity (Wildman–Crippen MR) is 173 cm³/mol. The van der Waals surface area contributed by atoms with Gasteiger partial charge < -0.3 is 20.1 Å². The normalized spacial score (nSPS) is 22.5. The van der Waals surface area contributed by atoms with Crippen LogP contribution in [0, 0.1) is 5.82 Å². The van der Waals surface area contributed by atoms with E-state index in [0.717, 1.165) is 68.6 Å². The topological polar surface area (TPSA) is 108 Å². The fraction of sp³-hybridized carbons (Fsp3) is 0.500. The van der Waals surface area contributed by atoms with Crippen LogP contribution in [-0.2, 0) is 11.3 Å². The number of piperidine rings is 1. The summed E-state index contributed by atoms with van der Waals surface area (Å²) in [6, 6.07) is 14.1. The molecule has 3 aliphatic rings. The van der Waals surface area contributed by atoms with Gasteiger partial charge in [-0.25, -0.2) is 4.39 Å². The molecule has 2 saturated heterocycles. The van der Waals surface area contributed by atoms with Crippen LogP contribution in [0.1, 0.15) is 93.3 Å². The van der Waals surface area contributed by atoms with E-state index in [1.54, 1.807) is 17.0 Å². The molecule has 3 aromatic rings. The van der Waals surface area contributed by atoms with Gasteiger partial charge in [0.2, 0.25) is 5.91 Å². The van der Waals surface area contributed by atoms with Crippen LogP contribution in [0.25, 0.3) is 11.3 Å². The summed E-state index contributed by atoms with van der Waals surface area (Å²) in [7, 11) is 0. The van der Waals surface area contributed by atoms with Gasteiger partial charge in [-0.15, -0.1) is 0 Å². The Balaban J connectivity index is 1.18. The van der Waals surface area contributed by atoms with Crippen LogP contribution in [-0.4, -0.2) is 74.2 Å². The number of hydrogen-bond donors (Lipinski definition) is 2. The van der Waals surface area contributed by atoms with E-state index in [4.69, 9.17) is 4.74 Å². The minimum absolute atomic E-state index is 0.0209. The Hall–Kier alpha value is -3.89. The van der Waals surface area contributed by atoms with Crippen LogP contribution in [0.3, 0.4) is 0 Å². The van der Waals surface area contributed by atoms with E-state index in [1.165, 1.54) is 12.1 Å². The summed E-state index contributed by atoms with van der Waals surface area (Å²) in [5.74, 6) is 0.0166. The summed E-state index contributed by atoms with van der Waals surface area (Å²) in [5, 5.41) is 22.5. The molecule has 3 heterocycles. The number of amides is 2. The van der Waals surface area contributed by atoms with Crippen molar-refractivity contribution >= 4 is 11.8 Å². The molecule has 9 nitrogen and oxygen atoms in total. The molecular weight excluding hydrogens is 585 g/mol. The lowest BCUT2D eigenvalue weighted by molar-refractivity contribution is -0.128. The molecule has 1 saturated carbocycles. The minimum Gasteiger partial charge on any atom is -0.457 e. The molecule has 2 unspecified atom stereocenters. The molecule has 2 aromatic carbocycles. The van der Waals surface area contributed by atoms with Crippen molar-refractivity contribution < 1.29 is 23.8 Å². The van der Waals surface area contributed by atoms with Crippen molar-refractivity contribution in [3.63, 3.8) is 0 Å². The molecule has 0 spiro atoms. The highest BCUT2D eigenvalue weighted by atomic mass is 19.1. The maximum Gasteiger partial charge on any atom is 0.254 e. The van der Waals surface area contributed by atoms with Gasteiger partial charge in [0.05, 0.1) is 22.6 Å². The largest absolute Gasteiger partial charge is 0.457 e. The molecule has 2 aliphatic heterocycles. The van der Waals surface area contributed by atoms with Gasteiger partial charge in [0.25, 0.3) is 5.91 Å². The first-order chi connectivity index (χ1) is 22.1. The zero-order valence-corrected chi connectivity index (χ0v) is 27.0. The number of aliphatic hydroxyl groups is 1. The van der Waals surface area contributed by atoms with Crippen molar-refractivity contribution in [1.29, 1.82) is 0 Å². The van der Waals surface area contributed by atoms with Gasteiger partial charge in [0.1, 0.15) is 17.3 Å². The third-order valence-corrected chi connectivity index (χ3v) is 9.77. The number of ether oxygens (including phenoxy) is 1. The quantitative estimate of drug-likeness (QED) is 0.307. The minimum atomic E-state index is -0.676. The molecular formula is C36H44FN5O4. The molecule has 6 rings (SSSR count). The first kappa shape index (κ1) is 32.1. The summed E-state index contributed by atoms with van der Waals surface area (Å²) in [6.45, 7) is 8.40. The number of likely N-dealkylation sites (tertiary alicyclic amines) is 2. The SMILES string of the molecule is CC(C)c1ccc(-c2ccc(Oc3cc(C(=O)NC4CCN(C5CCCC5(C)O)CC4)c(F)cc3CN3CCCC3=O)cc2)nn1. The highest BCUT2D eigenvalue weighted by Crippen LogP contribution is 2.35. The zero-order valence-electron chi connectivity index (χ0n) is 27.0. The van der Waals surface area contributed by atoms with Gasteiger partial charge in [0.15, 0.2) is 0 Å². The zero-order chi connectivity index (χ0) is 32.4. The number of aromatic nitrogens is 2. The summed E-state index contributed by atoms with van der Waals surface area (Å²) >= 11 is 0. The van der Waals surface area contributed by atoms with E-state index in [9.17, 15) is 14.7 Å². The van der Waals surface area contributed by atoms with Gasteiger partial charge in [-0.2, -0.15) is 10.2 Å². The summed E-state index contributed by atoms with van der Waals surface area (Å²) in [5.41, 5.74) is 2.27. The van der Waals surface area contributed by atoms with Crippen LogP contribution in [0.5, 0.6) is 11.5 Å². The predicted octanol–water partition coefficient (Wildman–Crippen LogP) is 5.82. The molecule has 2 N–H and O–H groups in total. The molecule has 1 aromatic heterocycles. The van der Waals surface area contributed by atoms with Crippen LogP contribution < -0.4 is 10.1 Å². The smallest absolute Gasteiger partial charge is 0.254 e. The second-order valence-corrected chi connectivity index (χ2v) is 13.5. The Kier molecular flexibility index (Phi) is 9.38. The lowest BCUT2D eigenvalue weighted by Gasteiger charge is -2.41. The maximum absolute atomic E-state index is 15.5. The van der Waals surface area contributed by atoms with Crippen molar-refractivity contribution in [3.05, 3.63) is 71.2 Å². The van der Waals surface area contributed by atoms with Crippen LogP contribution in [0.15, 0.2) is 48.5 Å². The molecule has 1 aliphatic carbocycles. The summed E-state index contributed by atoms with van der Waals surface area (Å²) in [6.07, 6.45) is 5.51. The highest BCUT2D eigenvalue weighted by Gasteiger charge is 2.41. The fourth-order valence-electron chi connectivity index (χ4n) is 7.01. The lowest BCUT2D eigenvalue weighted by atomic mass is 9.95. The second kappa shape index (κ2) is 13.5. The Morgan fingerprint density at radius 1 is 1.07 bits per heavy atom. The van der Waals surface area contributed by atoms with Crippen molar-refractivity contribution in [2.24, 2.45) is 0 Å². The maximum atomic E-state index is 15.5. The Morgan fingerprint density at radius 2 is 1.83 bits per heavy atom. The fourth-order valence-corrected chi connectivity index (χ4v) is 7.01. The van der Waals surface area contributed by atoms with Crippen molar-refractivity contribution in [1.82, 2.24) is 25.3 Å². The van der Waals surface area contributed by atoms with E-state index in [0.29, 0.717) is 35.9 Å². The molecule has 0 radical (unpaired) electrons. The molecule has 10 heteroatoms. The van der Waals surface area contributed by atoms with Gasteiger partial charge in [-0.3, -0.25) is 14.5 Å². The number of halogens is 1. The molecule has 2 amide bonds. The number of nitrogens with zero attached hydrogens (tertiary/aromatic N) is 4. The molecule has 0 bridgehead atoms. The first-order valence-corrected chi connectivity index (χ1v) is 16.6. The van der Waals surface area contributed by atoms with E-state index in [2.05, 4.69) is 34.3 Å². The van der Waals surface area contributed by atoms with Gasteiger partial charge >= 0.3 is 0 Å². The van der Waals surface area contributed by atoms with Gasteiger partial charge in [0, 0.05) is 55.8 Å². The van der Waals surface area contributed by atoms with Crippen molar-refractivity contribution in [3.8, 4) is 22.8 Å². The average molecular weight is 630 g/mol. The number of carbonyl (C=O) groups excluding carboxylic acids is 2. The van der Waals surface area contributed by atoms with E-state index >= 15 is 4.39 Å². The molecule has 46 heavy (non-hydrogen) atoms. The lowest BCUT2D eigenvalue weighted by Crippen LogP contribution is -2.53. The molecule has 2 atom stereocenters. The molecule has 3 fully saturated rings. The summed E-state index contributed by atoms with van der Waals surface area (Å²) < 4.78 is 21.8. The third kappa shape index (κ3) is 7.08.